The molecule has 0 aliphatic carbocycles. The molecule has 0 radical (unpaired) electrons. The minimum atomic E-state index is -0.792. The summed E-state index contributed by atoms with van der Waals surface area (Å²) in [6.45, 7) is 2.69. The van der Waals surface area contributed by atoms with Gasteiger partial charge in [0.25, 0.3) is 5.91 Å². The molecule has 4 rings (SSSR count). The Morgan fingerprint density at radius 3 is 2.85 bits per heavy atom. The summed E-state index contributed by atoms with van der Waals surface area (Å²) in [5.41, 5.74) is 1.39. The van der Waals surface area contributed by atoms with Crippen LogP contribution in [0.4, 0.5) is 5.00 Å². The normalized spacial score (nSPS) is 17.6. The fraction of sp³-hybridized carbons (Fsp3) is 0.316. The third kappa shape index (κ3) is 3.22. The molecule has 2 aliphatic rings. The maximum Gasteiger partial charge on any atom is 0.269 e. The zero-order chi connectivity index (χ0) is 19.0. The first-order valence-corrected chi connectivity index (χ1v) is 9.38. The SMILES string of the molecule is CC(=O)N1CCc2c(sc(NC(=O)[C@H]3COc4ccccc4O3)c2C#N)C1. The minimum absolute atomic E-state index is 0.00422. The van der Waals surface area contributed by atoms with Crippen LogP contribution < -0.4 is 14.8 Å². The van der Waals surface area contributed by atoms with E-state index < -0.39 is 6.10 Å². The Kier molecular flexibility index (Phi) is 4.46. The van der Waals surface area contributed by atoms with E-state index in [0.29, 0.717) is 41.6 Å². The third-order valence-corrected chi connectivity index (χ3v) is 5.78. The van der Waals surface area contributed by atoms with Crippen molar-refractivity contribution >= 4 is 28.2 Å². The van der Waals surface area contributed by atoms with Gasteiger partial charge in [-0.3, -0.25) is 9.59 Å². The number of carbonyl (C=O) groups excluding carboxylic acids is 2. The second kappa shape index (κ2) is 6.93. The Balaban J connectivity index is 1.53. The summed E-state index contributed by atoms with van der Waals surface area (Å²) in [5.74, 6) is 0.773. The van der Waals surface area contributed by atoms with Gasteiger partial charge < -0.3 is 19.7 Å². The van der Waals surface area contributed by atoms with Crippen molar-refractivity contribution in [1.29, 1.82) is 5.26 Å². The molecule has 27 heavy (non-hydrogen) atoms. The number of hydrogen-bond acceptors (Lipinski definition) is 6. The number of benzene rings is 1. The quantitative estimate of drug-likeness (QED) is 0.859. The largest absolute Gasteiger partial charge is 0.485 e. The number of nitriles is 1. The molecule has 3 heterocycles. The van der Waals surface area contributed by atoms with Gasteiger partial charge >= 0.3 is 0 Å². The summed E-state index contributed by atoms with van der Waals surface area (Å²) in [4.78, 5) is 26.9. The first-order valence-electron chi connectivity index (χ1n) is 8.56. The molecule has 0 saturated heterocycles. The van der Waals surface area contributed by atoms with Crippen LogP contribution in [0.1, 0.15) is 22.9 Å². The summed E-state index contributed by atoms with van der Waals surface area (Å²) in [6.07, 6.45) is -0.181. The molecule has 0 fully saturated rings. The van der Waals surface area contributed by atoms with Gasteiger partial charge in [0.15, 0.2) is 11.5 Å². The van der Waals surface area contributed by atoms with Crippen molar-refractivity contribution in [3.8, 4) is 17.6 Å². The van der Waals surface area contributed by atoms with Gasteiger partial charge in [0.2, 0.25) is 12.0 Å². The van der Waals surface area contributed by atoms with Crippen molar-refractivity contribution < 1.29 is 19.1 Å². The number of ether oxygens (including phenoxy) is 2. The molecule has 2 aromatic rings. The third-order valence-electron chi connectivity index (χ3n) is 4.65. The molecule has 1 aromatic carbocycles. The van der Waals surface area contributed by atoms with Crippen molar-refractivity contribution in [3.63, 3.8) is 0 Å². The lowest BCUT2D eigenvalue weighted by Crippen LogP contribution is -2.40. The van der Waals surface area contributed by atoms with Crippen LogP contribution in [0.2, 0.25) is 0 Å². The van der Waals surface area contributed by atoms with E-state index >= 15 is 0 Å². The summed E-state index contributed by atoms with van der Waals surface area (Å²) in [6, 6.07) is 9.37. The summed E-state index contributed by atoms with van der Waals surface area (Å²) < 4.78 is 11.3. The van der Waals surface area contributed by atoms with E-state index in [0.717, 1.165) is 10.4 Å². The van der Waals surface area contributed by atoms with Gasteiger partial charge in [-0.25, -0.2) is 0 Å². The van der Waals surface area contributed by atoms with Gasteiger partial charge in [0.1, 0.15) is 17.7 Å². The Bertz CT molecular complexity index is 962. The zero-order valence-electron chi connectivity index (χ0n) is 14.7. The monoisotopic (exact) mass is 383 g/mol. The Hall–Kier alpha value is -3.05. The Morgan fingerprint density at radius 2 is 2.11 bits per heavy atom. The van der Waals surface area contributed by atoms with E-state index in [1.165, 1.54) is 18.3 Å². The van der Waals surface area contributed by atoms with Crippen LogP contribution in [0.15, 0.2) is 24.3 Å². The van der Waals surface area contributed by atoms with E-state index in [2.05, 4.69) is 11.4 Å². The molecule has 1 N–H and O–H groups in total. The summed E-state index contributed by atoms with van der Waals surface area (Å²) in [7, 11) is 0. The maximum absolute atomic E-state index is 12.6. The predicted octanol–water partition coefficient (Wildman–Crippen LogP) is 2.30. The number of nitrogens with zero attached hydrogens (tertiary/aromatic N) is 2. The highest BCUT2D eigenvalue weighted by Gasteiger charge is 2.30. The van der Waals surface area contributed by atoms with Crippen molar-refractivity contribution in [2.75, 3.05) is 18.5 Å². The molecule has 138 valence electrons. The molecular formula is C19H17N3O4S. The molecule has 0 saturated carbocycles. The van der Waals surface area contributed by atoms with Crippen LogP contribution in [0.5, 0.6) is 11.5 Å². The average molecular weight is 383 g/mol. The van der Waals surface area contributed by atoms with Gasteiger partial charge in [-0.05, 0) is 24.1 Å². The van der Waals surface area contributed by atoms with E-state index in [-0.39, 0.29) is 18.4 Å². The number of hydrogen-bond donors (Lipinski definition) is 1. The number of fused-ring (bicyclic) bond motifs is 2. The van der Waals surface area contributed by atoms with Gasteiger partial charge in [0.05, 0.1) is 12.1 Å². The molecule has 8 heteroatoms. The number of thiophene rings is 1. The highest BCUT2D eigenvalue weighted by Crippen LogP contribution is 2.37. The van der Waals surface area contributed by atoms with Gasteiger partial charge in [-0.1, -0.05) is 12.1 Å². The number of carbonyl (C=O) groups is 2. The van der Waals surface area contributed by atoms with Crippen LogP contribution in [-0.4, -0.2) is 36.0 Å². The van der Waals surface area contributed by atoms with Crippen molar-refractivity contribution in [1.82, 2.24) is 4.90 Å². The van der Waals surface area contributed by atoms with Crippen LogP contribution >= 0.6 is 11.3 Å². The fourth-order valence-corrected chi connectivity index (χ4v) is 4.44. The number of anilines is 1. The Labute approximate surface area is 160 Å². The summed E-state index contributed by atoms with van der Waals surface area (Å²) >= 11 is 1.34. The highest BCUT2D eigenvalue weighted by atomic mass is 32.1. The Morgan fingerprint density at radius 1 is 1.33 bits per heavy atom. The first kappa shape index (κ1) is 17.4. The standard InChI is InChI=1S/C19H17N3O4S/c1-11(23)22-7-6-12-13(8-20)19(27-17(12)9-22)21-18(24)16-10-25-14-4-2-3-5-15(14)26-16/h2-5,16H,6-7,9-10H2,1H3,(H,21,24)/t16-/m1/s1. The van der Waals surface area contributed by atoms with E-state index in [1.54, 1.807) is 17.0 Å². The molecule has 0 bridgehead atoms. The second-order valence-electron chi connectivity index (χ2n) is 6.36. The maximum atomic E-state index is 12.6. The topological polar surface area (TPSA) is 91.7 Å². The van der Waals surface area contributed by atoms with Gasteiger partial charge in [0, 0.05) is 18.3 Å². The number of para-hydroxylation sites is 2. The van der Waals surface area contributed by atoms with Crippen LogP contribution in [-0.2, 0) is 22.6 Å². The van der Waals surface area contributed by atoms with Crippen LogP contribution in [0, 0.1) is 11.3 Å². The smallest absolute Gasteiger partial charge is 0.269 e. The molecule has 7 nitrogen and oxygen atoms in total. The molecule has 1 atom stereocenters. The molecule has 2 amide bonds. The van der Waals surface area contributed by atoms with E-state index in [4.69, 9.17) is 9.47 Å². The van der Waals surface area contributed by atoms with Crippen molar-refractivity contribution in [2.24, 2.45) is 0 Å². The van der Waals surface area contributed by atoms with Gasteiger partial charge in [-0.15, -0.1) is 11.3 Å². The highest BCUT2D eigenvalue weighted by molar-refractivity contribution is 7.16. The number of rotatable bonds is 2. The zero-order valence-corrected chi connectivity index (χ0v) is 15.5. The van der Waals surface area contributed by atoms with Crippen LogP contribution in [0.3, 0.4) is 0 Å². The van der Waals surface area contributed by atoms with Crippen LogP contribution in [0.25, 0.3) is 0 Å². The number of amides is 2. The average Bonchev–Trinajstić information content (AvgIpc) is 3.03. The predicted molar refractivity (Wildman–Crippen MR) is 98.8 cm³/mol. The fourth-order valence-electron chi connectivity index (χ4n) is 3.22. The molecule has 2 aliphatic heterocycles. The molecular weight excluding hydrogens is 366 g/mol. The van der Waals surface area contributed by atoms with E-state index in [9.17, 15) is 14.9 Å². The van der Waals surface area contributed by atoms with E-state index in [1.807, 2.05) is 12.1 Å². The second-order valence-corrected chi connectivity index (χ2v) is 7.47. The number of nitrogens with one attached hydrogen (secondary N) is 1. The van der Waals surface area contributed by atoms with Crippen molar-refractivity contribution in [3.05, 3.63) is 40.3 Å². The molecule has 1 aromatic heterocycles. The van der Waals surface area contributed by atoms with Gasteiger partial charge in [-0.2, -0.15) is 5.26 Å². The lowest BCUT2D eigenvalue weighted by Gasteiger charge is -2.25. The lowest BCUT2D eigenvalue weighted by molar-refractivity contribution is -0.129. The lowest BCUT2D eigenvalue weighted by atomic mass is 10.0. The molecule has 0 unspecified atom stereocenters. The minimum Gasteiger partial charge on any atom is -0.485 e. The first-order chi connectivity index (χ1) is 13.1. The summed E-state index contributed by atoms with van der Waals surface area (Å²) in [5, 5.41) is 12.9. The van der Waals surface area contributed by atoms with Crippen molar-refractivity contribution in [2.45, 2.75) is 26.0 Å². The molecule has 0 spiro atoms.